The lowest BCUT2D eigenvalue weighted by molar-refractivity contribution is 0.0124. The van der Waals surface area contributed by atoms with Gasteiger partial charge in [0.15, 0.2) is 0 Å². The van der Waals surface area contributed by atoms with Gasteiger partial charge in [-0.25, -0.2) is 4.79 Å². The molecule has 2 saturated heterocycles. The number of benzene rings is 1. The minimum absolute atomic E-state index is 0.0443. The molecular formula is C26H41N3O4. The lowest BCUT2D eigenvalue weighted by atomic mass is 9.96. The van der Waals surface area contributed by atoms with Crippen molar-refractivity contribution in [2.24, 2.45) is 5.92 Å². The summed E-state index contributed by atoms with van der Waals surface area (Å²) in [7, 11) is 0. The van der Waals surface area contributed by atoms with Crippen molar-refractivity contribution in [2.75, 3.05) is 45.9 Å². The summed E-state index contributed by atoms with van der Waals surface area (Å²) < 4.78 is 11.1. The van der Waals surface area contributed by atoms with Gasteiger partial charge in [-0.1, -0.05) is 12.1 Å². The van der Waals surface area contributed by atoms with Gasteiger partial charge in [-0.3, -0.25) is 9.69 Å². The van der Waals surface area contributed by atoms with Gasteiger partial charge in [0, 0.05) is 50.9 Å². The summed E-state index contributed by atoms with van der Waals surface area (Å²) in [6.45, 7) is 15.9. The number of ether oxygens (including phenoxy) is 2. The van der Waals surface area contributed by atoms with Gasteiger partial charge in [0.2, 0.25) is 0 Å². The molecule has 1 aromatic carbocycles. The van der Waals surface area contributed by atoms with E-state index >= 15 is 0 Å². The third-order valence-electron chi connectivity index (χ3n) is 6.20. The van der Waals surface area contributed by atoms with Crippen LogP contribution in [0.25, 0.3) is 0 Å². The maximum atomic E-state index is 13.3. The molecule has 7 nitrogen and oxygen atoms in total. The molecule has 3 rings (SSSR count). The average Bonchev–Trinajstić information content (AvgIpc) is 2.76. The molecule has 2 amide bonds. The minimum Gasteiger partial charge on any atom is -0.444 e. The molecule has 0 aromatic heterocycles. The largest absolute Gasteiger partial charge is 0.444 e. The third kappa shape index (κ3) is 7.71. The quantitative estimate of drug-likeness (QED) is 0.643. The first-order chi connectivity index (χ1) is 15.6. The highest BCUT2D eigenvalue weighted by atomic mass is 16.6. The number of morpholine rings is 1. The predicted molar refractivity (Wildman–Crippen MR) is 129 cm³/mol. The normalized spacial score (nSPS) is 20.1. The van der Waals surface area contributed by atoms with Crippen LogP contribution in [0.2, 0.25) is 0 Å². The van der Waals surface area contributed by atoms with Crippen molar-refractivity contribution in [2.45, 2.75) is 65.6 Å². The van der Waals surface area contributed by atoms with E-state index in [-0.39, 0.29) is 24.0 Å². The van der Waals surface area contributed by atoms with E-state index in [2.05, 4.69) is 11.0 Å². The molecule has 2 fully saturated rings. The Morgan fingerprint density at radius 1 is 1.18 bits per heavy atom. The topological polar surface area (TPSA) is 62.3 Å². The number of amides is 2. The Hall–Kier alpha value is -2.12. The molecule has 2 aliphatic rings. The second kappa shape index (κ2) is 11.3. The zero-order valence-corrected chi connectivity index (χ0v) is 21.0. The number of hydrogen-bond donors (Lipinski definition) is 0. The second-order valence-corrected chi connectivity index (χ2v) is 10.6. The van der Waals surface area contributed by atoms with Crippen LogP contribution in [-0.2, 0) is 16.0 Å². The summed E-state index contributed by atoms with van der Waals surface area (Å²) >= 11 is 0. The van der Waals surface area contributed by atoms with Gasteiger partial charge in [-0.2, -0.15) is 0 Å². The number of piperidine rings is 1. The average molecular weight is 460 g/mol. The van der Waals surface area contributed by atoms with E-state index in [1.54, 1.807) is 4.90 Å². The van der Waals surface area contributed by atoms with Crippen LogP contribution >= 0.6 is 0 Å². The summed E-state index contributed by atoms with van der Waals surface area (Å²) in [5.74, 6) is 0.325. The highest BCUT2D eigenvalue weighted by Crippen LogP contribution is 2.22. The van der Waals surface area contributed by atoms with Gasteiger partial charge < -0.3 is 19.3 Å². The highest BCUT2D eigenvalue weighted by Gasteiger charge is 2.30. The van der Waals surface area contributed by atoms with Gasteiger partial charge >= 0.3 is 6.09 Å². The van der Waals surface area contributed by atoms with Crippen LogP contribution in [0.4, 0.5) is 4.79 Å². The van der Waals surface area contributed by atoms with E-state index in [0.717, 1.165) is 63.4 Å². The Balaban J connectivity index is 1.61. The monoisotopic (exact) mass is 459 g/mol. The molecule has 2 heterocycles. The molecule has 0 aliphatic carbocycles. The first-order valence-corrected chi connectivity index (χ1v) is 12.3. The van der Waals surface area contributed by atoms with Gasteiger partial charge in [0.25, 0.3) is 5.91 Å². The van der Waals surface area contributed by atoms with Crippen molar-refractivity contribution in [3.63, 3.8) is 0 Å². The van der Waals surface area contributed by atoms with E-state index in [9.17, 15) is 9.59 Å². The molecule has 0 N–H and O–H groups in total. The Bertz CT molecular complexity index is 799. The summed E-state index contributed by atoms with van der Waals surface area (Å²) in [5, 5.41) is 0. The first kappa shape index (κ1) is 25.5. The first-order valence-electron chi connectivity index (χ1n) is 12.3. The van der Waals surface area contributed by atoms with Gasteiger partial charge in [0.05, 0.1) is 13.2 Å². The molecule has 2 aliphatic heterocycles. The minimum atomic E-state index is -0.523. The molecule has 0 spiro atoms. The number of rotatable bonds is 6. The molecule has 1 unspecified atom stereocenters. The van der Waals surface area contributed by atoms with Crippen molar-refractivity contribution in [3.8, 4) is 0 Å². The standard InChI is InChI=1S/C26H41N3O4/c1-20(2)29(25(31)33-26(3,4)5)19-22-9-7-11-28(18-22)24(30)23-10-6-8-21(16-23)17-27-12-14-32-15-13-27/h6,8,10,16,20,22H,7,9,11-15,17-19H2,1-5H3. The zero-order valence-electron chi connectivity index (χ0n) is 21.0. The van der Waals surface area contributed by atoms with Crippen molar-refractivity contribution in [3.05, 3.63) is 35.4 Å². The van der Waals surface area contributed by atoms with Gasteiger partial charge in [-0.05, 0) is 71.1 Å². The van der Waals surface area contributed by atoms with Crippen molar-refractivity contribution in [1.82, 2.24) is 14.7 Å². The maximum absolute atomic E-state index is 13.3. The number of carbonyl (C=O) groups is 2. The summed E-state index contributed by atoms with van der Waals surface area (Å²) in [5.41, 5.74) is 1.38. The Morgan fingerprint density at radius 2 is 1.91 bits per heavy atom. The maximum Gasteiger partial charge on any atom is 0.410 e. The summed E-state index contributed by atoms with van der Waals surface area (Å²) in [6, 6.07) is 8.06. The van der Waals surface area contributed by atoms with Crippen LogP contribution in [0.1, 0.15) is 63.4 Å². The molecule has 0 saturated carbocycles. The SMILES string of the molecule is CC(C)N(CC1CCCN(C(=O)c2cccc(CN3CCOCC3)c2)C1)C(=O)OC(C)(C)C. The molecule has 0 bridgehead atoms. The van der Waals surface area contributed by atoms with Crippen molar-refractivity contribution in [1.29, 1.82) is 0 Å². The van der Waals surface area contributed by atoms with Gasteiger partial charge in [-0.15, -0.1) is 0 Å². The van der Waals surface area contributed by atoms with E-state index in [4.69, 9.17) is 9.47 Å². The van der Waals surface area contributed by atoms with E-state index in [1.807, 2.05) is 57.7 Å². The van der Waals surface area contributed by atoms with E-state index < -0.39 is 5.60 Å². The zero-order chi connectivity index (χ0) is 24.0. The van der Waals surface area contributed by atoms with Crippen LogP contribution in [0.3, 0.4) is 0 Å². The molecule has 184 valence electrons. The lowest BCUT2D eigenvalue weighted by Crippen LogP contribution is -2.48. The third-order valence-corrected chi connectivity index (χ3v) is 6.20. The smallest absolute Gasteiger partial charge is 0.410 e. The summed E-state index contributed by atoms with van der Waals surface area (Å²) in [4.78, 5) is 32.2. The number of nitrogens with zero attached hydrogens (tertiary/aromatic N) is 3. The molecule has 33 heavy (non-hydrogen) atoms. The Labute approximate surface area is 199 Å². The Morgan fingerprint density at radius 3 is 2.58 bits per heavy atom. The second-order valence-electron chi connectivity index (χ2n) is 10.6. The predicted octanol–water partition coefficient (Wildman–Crippen LogP) is 4.02. The molecule has 7 heteroatoms. The fourth-order valence-corrected chi connectivity index (χ4v) is 4.50. The fraction of sp³-hybridized carbons (Fsp3) is 0.692. The molecule has 1 atom stereocenters. The Kier molecular flexibility index (Phi) is 8.76. The molecule has 1 aromatic rings. The summed E-state index contributed by atoms with van der Waals surface area (Å²) in [6.07, 6.45) is 1.67. The van der Waals surface area contributed by atoms with Crippen molar-refractivity contribution < 1.29 is 19.1 Å². The number of carbonyl (C=O) groups excluding carboxylic acids is 2. The molecular weight excluding hydrogens is 418 g/mol. The highest BCUT2D eigenvalue weighted by molar-refractivity contribution is 5.94. The van der Waals surface area contributed by atoms with Crippen LogP contribution < -0.4 is 0 Å². The van der Waals surface area contributed by atoms with Crippen LogP contribution in [0, 0.1) is 5.92 Å². The van der Waals surface area contributed by atoms with Crippen LogP contribution in [0.15, 0.2) is 24.3 Å². The van der Waals surface area contributed by atoms with E-state index in [0.29, 0.717) is 13.1 Å². The van der Waals surface area contributed by atoms with Crippen LogP contribution in [0.5, 0.6) is 0 Å². The van der Waals surface area contributed by atoms with Crippen LogP contribution in [-0.4, -0.2) is 84.3 Å². The van der Waals surface area contributed by atoms with Crippen molar-refractivity contribution >= 4 is 12.0 Å². The van der Waals surface area contributed by atoms with Gasteiger partial charge in [0.1, 0.15) is 5.60 Å². The number of hydrogen-bond acceptors (Lipinski definition) is 5. The molecule has 0 radical (unpaired) electrons. The van der Waals surface area contributed by atoms with E-state index in [1.165, 1.54) is 0 Å². The fourth-order valence-electron chi connectivity index (χ4n) is 4.50. The lowest BCUT2D eigenvalue weighted by Gasteiger charge is -2.37. The number of likely N-dealkylation sites (tertiary alicyclic amines) is 1.